The van der Waals surface area contributed by atoms with Crippen LogP contribution >= 0.6 is 0 Å². The van der Waals surface area contributed by atoms with Gasteiger partial charge in [0.2, 0.25) is 0 Å². The first-order valence-corrected chi connectivity index (χ1v) is 4.41. The lowest BCUT2D eigenvalue weighted by Gasteiger charge is -2.00. The molecule has 0 bridgehead atoms. The molecule has 1 nitrogen and oxygen atoms in total. The molecule has 0 atom stereocenters. The largest absolute Gasteiger partial charge is 0.303 e. The Hall–Kier alpha value is -1.37. The molecule has 0 aliphatic heterocycles. The third-order valence-corrected chi connectivity index (χ3v) is 1.96. The van der Waals surface area contributed by atoms with Gasteiger partial charge in [0.15, 0.2) is 0 Å². The monoisotopic (exact) mass is 174 g/mol. The summed E-state index contributed by atoms with van der Waals surface area (Å²) < 4.78 is 0. The second-order valence-electron chi connectivity index (χ2n) is 3.16. The smallest absolute Gasteiger partial charge is 0.123 e. The quantitative estimate of drug-likeness (QED) is 0.644. The average Bonchev–Trinajstić information content (AvgIpc) is 2.11. The van der Waals surface area contributed by atoms with Crippen LogP contribution in [-0.4, -0.2) is 6.29 Å². The normalized spacial score (nSPS) is 10.6. The van der Waals surface area contributed by atoms with Crippen molar-refractivity contribution in [2.24, 2.45) is 0 Å². The Balaban J connectivity index is 2.86. The topological polar surface area (TPSA) is 17.1 Å². The van der Waals surface area contributed by atoms with Crippen molar-refractivity contribution in [1.29, 1.82) is 0 Å². The van der Waals surface area contributed by atoms with E-state index in [0.717, 1.165) is 6.29 Å². The number of hydrogen-bond donors (Lipinski definition) is 0. The zero-order valence-electron chi connectivity index (χ0n) is 8.08. The maximum absolute atomic E-state index is 10.1. The van der Waals surface area contributed by atoms with Crippen molar-refractivity contribution in [2.75, 3.05) is 0 Å². The minimum Gasteiger partial charge on any atom is -0.303 e. The maximum atomic E-state index is 10.1. The van der Waals surface area contributed by atoms with E-state index in [9.17, 15) is 4.79 Å². The van der Waals surface area contributed by atoms with Crippen LogP contribution in [-0.2, 0) is 4.79 Å². The van der Waals surface area contributed by atoms with Crippen LogP contribution in [0.25, 0.3) is 6.08 Å². The molecule has 0 fully saturated rings. The molecule has 0 heterocycles. The van der Waals surface area contributed by atoms with E-state index in [4.69, 9.17) is 0 Å². The van der Waals surface area contributed by atoms with Crippen LogP contribution in [0.4, 0.5) is 0 Å². The van der Waals surface area contributed by atoms with Gasteiger partial charge < -0.3 is 4.79 Å². The first kappa shape index (κ1) is 9.72. The van der Waals surface area contributed by atoms with E-state index in [1.54, 1.807) is 0 Å². The van der Waals surface area contributed by atoms with Gasteiger partial charge in [0.1, 0.15) is 6.29 Å². The molecule has 0 spiro atoms. The molecular formula is C12H14O. The van der Waals surface area contributed by atoms with Crippen LogP contribution in [0.15, 0.2) is 24.3 Å². The Morgan fingerprint density at radius 2 is 2.08 bits per heavy atom. The molecule has 68 valence electrons. The number of carbonyl (C=O) groups excluding carboxylic acids is 1. The third-order valence-electron chi connectivity index (χ3n) is 1.96. The lowest BCUT2D eigenvalue weighted by molar-refractivity contribution is -0.107. The molecule has 0 aliphatic rings. The van der Waals surface area contributed by atoms with Crippen molar-refractivity contribution >= 4 is 12.4 Å². The molecule has 0 saturated carbocycles. The fourth-order valence-electron chi connectivity index (χ4n) is 1.19. The van der Waals surface area contributed by atoms with Crippen LogP contribution in [0.3, 0.4) is 0 Å². The van der Waals surface area contributed by atoms with Gasteiger partial charge in [0.05, 0.1) is 0 Å². The number of allylic oxidation sites excluding steroid dienone is 1. The zero-order chi connectivity index (χ0) is 9.68. The molecule has 13 heavy (non-hydrogen) atoms. The maximum Gasteiger partial charge on any atom is 0.123 e. The second-order valence-corrected chi connectivity index (χ2v) is 3.16. The van der Waals surface area contributed by atoms with Crippen LogP contribution in [0, 0.1) is 13.8 Å². The lowest BCUT2D eigenvalue weighted by Crippen LogP contribution is -1.81. The van der Waals surface area contributed by atoms with Gasteiger partial charge in [-0.25, -0.2) is 0 Å². The van der Waals surface area contributed by atoms with E-state index in [1.807, 2.05) is 12.2 Å². The van der Waals surface area contributed by atoms with E-state index < -0.39 is 0 Å². The third kappa shape index (κ3) is 2.86. The van der Waals surface area contributed by atoms with Crippen LogP contribution < -0.4 is 0 Å². The summed E-state index contributed by atoms with van der Waals surface area (Å²) in [7, 11) is 0. The summed E-state index contributed by atoms with van der Waals surface area (Å²) in [4.78, 5) is 10.1. The van der Waals surface area contributed by atoms with E-state index in [1.165, 1.54) is 16.7 Å². The highest BCUT2D eigenvalue weighted by Crippen LogP contribution is 2.12. The van der Waals surface area contributed by atoms with Crippen molar-refractivity contribution < 1.29 is 4.79 Å². The SMILES string of the molecule is Cc1ccc(C)c(/C=C/CC=O)c1. The van der Waals surface area contributed by atoms with Gasteiger partial charge in [-0.2, -0.15) is 0 Å². The molecule has 0 N–H and O–H groups in total. The van der Waals surface area contributed by atoms with Gasteiger partial charge in [0, 0.05) is 6.42 Å². The molecular weight excluding hydrogens is 160 g/mol. The van der Waals surface area contributed by atoms with Crippen LogP contribution in [0.1, 0.15) is 23.1 Å². The summed E-state index contributed by atoms with van der Waals surface area (Å²) in [5.74, 6) is 0. The number of carbonyl (C=O) groups is 1. The molecule has 0 unspecified atom stereocenters. The summed E-state index contributed by atoms with van der Waals surface area (Å²) >= 11 is 0. The molecule has 1 heteroatoms. The highest BCUT2D eigenvalue weighted by molar-refractivity contribution is 5.60. The first-order chi connectivity index (χ1) is 6.24. The molecule has 0 aliphatic carbocycles. The summed E-state index contributed by atoms with van der Waals surface area (Å²) in [6.45, 7) is 4.14. The Morgan fingerprint density at radius 3 is 2.77 bits per heavy atom. The van der Waals surface area contributed by atoms with E-state index in [0.29, 0.717) is 6.42 Å². The lowest BCUT2D eigenvalue weighted by atomic mass is 10.1. The van der Waals surface area contributed by atoms with Crippen molar-refractivity contribution in [3.05, 3.63) is 41.0 Å². The van der Waals surface area contributed by atoms with Gasteiger partial charge in [-0.3, -0.25) is 0 Å². The zero-order valence-corrected chi connectivity index (χ0v) is 8.08. The van der Waals surface area contributed by atoms with Crippen molar-refractivity contribution in [2.45, 2.75) is 20.3 Å². The predicted octanol–water partition coefficient (Wildman–Crippen LogP) is 2.91. The van der Waals surface area contributed by atoms with Gasteiger partial charge in [-0.15, -0.1) is 0 Å². The number of hydrogen-bond acceptors (Lipinski definition) is 1. The second kappa shape index (κ2) is 4.61. The highest BCUT2D eigenvalue weighted by atomic mass is 16.1. The molecule has 1 aromatic carbocycles. The molecule has 1 aromatic rings. The fraction of sp³-hybridized carbons (Fsp3) is 0.250. The highest BCUT2D eigenvalue weighted by Gasteiger charge is 1.92. The minimum absolute atomic E-state index is 0.493. The standard InChI is InChI=1S/C12H14O/c1-10-6-7-11(2)12(9-10)5-3-4-8-13/h3,5-9H,4H2,1-2H3/b5-3+. The van der Waals surface area contributed by atoms with Crippen LogP contribution in [0.5, 0.6) is 0 Å². The Morgan fingerprint density at radius 1 is 1.31 bits per heavy atom. The predicted molar refractivity (Wildman–Crippen MR) is 55.6 cm³/mol. The molecule has 0 radical (unpaired) electrons. The number of aldehydes is 1. The number of benzene rings is 1. The summed E-state index contributed by atoms with van der Waals surface area (Å²) in [5.41, 5.74) is 3.69. The van der Waals surface area contributed by atoms with Gasteiger partial charge in [-0.1, -0.05) is 35.9 Å². The Bertz CT molecular complexity index is 324. The van der Waals surface area contributed by atoms with E-state index in [-0.39, 0.29) is 0 Å². The van der Waals surface area contributed by atoms with Gasteiger partial charge in [0.25, 0.3) is 0 Å². The average molecular weight is 174 g/mol. The number of rotatable bonds is 3. The molecule has 0 amide bonds. The number of aryl methyl sites for hydroxylation is 2. The van der Waals surface area contributed by atoms with Gasteiger partial charge >= 0.3 is 0 Å². The minimum atomic E-state index is 0.493. The summed E-state index contributed by atoms with van der Waals surface area (Å²) in [6.07, 6.45) is 5.28. The first-order valence-electron chi connectivity index (χ1n) is 4.41. The van der Waals surface area contributed by atoms with Crippen LogP contribution in [0.2, 0.25) is 0 Å². The summed E-state index contributed by atoms with van der Waals surface area (Å²) in [6, 6.07) is 6.30. The Kier molecular flexibility index (Phi) is 3.44. The summed E-state index contributed by atoms with van der Waals surface area (Å²) in [5, 5.41) is 0. The van der Waals surface area contributed by atoms with Gasteiger partial charge in [-0.05, 0) is 25.0 Å². The van der Waals surface area contributed by atoms with Crippen molar-refractivity contribution in [3.8, 4) is 0 Å². The molecule has 0 aromatic heterocycles. The van der Waals surface area contributed by atoms with E-state index in [2.05, 4.69) is 32.0 Å². The van der Waals surface area contributed by atoms with Crippen molar-refractivity contribution in [3.63, 3.8) is 0 Å². The Labute approximate surface area is 79.1 Å². The molecule has 1 rings (SSSR count). The molecule has 0 saturated heterocycles. The van der Waals surface area contributed by atoms with E-state index >= 15 is 0 Å². The fourth-order valence-corrected chi connectivity index (χ4v) is 1.19. The van der Waals surface area contributed by atoms with Crippen molar-refractivity contribution in [1.82, 2.24) is 0 Å².